The van der Waals surface area contributed by atoms with Crippen LogP contribution < -0.4 is 5.56 Å². The molecular formula is C22H18FN3O3. The third-order valence-corrected chi connectivity index (χ3v) is 4.90. The Morgan fingerprint density at radius 3 is 2.41 bits per heavy atom. The maximum atomic E-state index is 13.3. The van der Waals surface area contributed by atoms with E-state index in [4.69, 9.17) is 4.74 Å². The van der Waals surface area contributed by atoms with Crippen LogP contribution in [0.3, 0.4) is 0 Å². The molecule has 2 aliphatic rings. The molecule has 6 nitrogen and oxygen atoms in total. The second-order valence-corrected chi connectivity index (χ2v) is 6.65. The molecule has 146 valence electrons. The zero-order valence-corrected chi connectivity index (χ0v) is 15.9. The Balaban J connectivity index is 1.92. The van der Waals surface area contributed by atoms with Crippen LogP contribution in [0.15, 0.2) is 71.8 Å². The normalized spacial score (nSPS) is 12.1. The number of halogens is 1. The van der Waals surface area contributed by atoms with Crippen LogP contribution in [-0.2, 0) is 4.74 Å². The zero-order chi connectivity index (χ0) is 20.5. The highest BCUT2D eigenvalue weighted by atomic mass is 19.1. The molecule has 7 heteroatoms. The van der Waals surface area contributed by atoms with Gasteiger partial charge in [-0.25, -0.2) is 9.18 Å². The maximum Gasteiger partial charge on any atom is 0.341 e. The summed E-state index contributed by atoms with van der Waals surface area (Å²) in [6, 6.07) is 14.8. The van der Waals surface area contributed by atoms with Crippen molar-refractivity contribution in [3.05, 3.63) is 94.3 Å². The van der Waals surface area contributed by atoms with Crippen LogP contribution in [0.5, 0.6) is 0 Å². The van der Waals surface area contributed by atoms with Crippen molar-refractivity contribution >= 4 is 5.97 Å². The summed E-state index contributed by atoms with van der Waals surface area (Å²) in [5, 5.41) is 4.38. The molecule has 0 bridgehead atoms. The molecule has 1 atom stereocenters. The number of esters is 1. The lowest BCUT2D eigenvalue weighted by molar-refractivity contribution is 0.0600. The fraction of sp³-hybridized carbons (Fsp3) is 0.136. The highest BCUT2D eigenvalue weighted by Crippen LogP contribution is 2.27. The van der Waals surface area contributed by atoms with Gasteiger partial charge in [-0.15, -0.1) is 0 Å². The van der Waals surface area contributed by atoms with Crippen LogP contribution in [0, 0.1) is 5.82 Å². The Kier molecular flexibility index (Phi) is 4.72. The largest absolute Gasteiger partial charge is 0.465 e. The van der Waals surface area contributed by atoms with Gasteiger partial charge in [0, 0.05) is 12.4 Å². The molecular weight excluding hydrogens is 373 g/mol. The zero-order valence-electron chi connectivity index (χ0n) is 15.9. The highest BCUT2D eigenvalue weighted by molar-refractivity contribution is 5.96. The van der Waals surface area contributed by atoms with Crippen LogP contribution in [0.1, 0.15) is 28.9 Å². The molecule has 2 heterocycles. The Morgan fingerprint density at radius 2 is 1.76 bits per heavy atom. The van der Waals surface area contributed by atoms with Crippen molar-refractivity contribution < 1.29 is 13.9 Å². The van der Waals surface area contributed by atoms with Crippen LogP contribution in [0.2, 0.25) is 0 Å². The van der Waals surface area contributed by atoms with E-state index in [-0.39, 0.29) is 28.7 Å². The van der Waals surface area contributed by atoms with Gasteiger partial charge in [-0.2, -0.15) is 9.78 Å². The first-order chi connectivity index (χ1) is 14.0. The van der Waals surface area contributed by atoms with Crippen LogP contribution >= 0.6 is 0 Å². The number of carbonyl (C=O) groups is 1. The molecule has 2 aromatic rings. The molecule has 0 spiro atoms. The molecule has 0 amide bonds. The third kappa shape index (κ3) is 3.31. The molecule has 0 N–H and O–H groups in total. The van der Waals surface area contributed by atoms with E-state index in [1.54, 1.807) is 53.4 Å². The van der Waals surface area contributed by atoms with E-state index in [0.717, 1.165) is 5.56 Å². The van der Waals surface area contributed by atoms with Crippen molar-refractivity contribution in [1.29, 1.82) is 0 Å². The van der Waals surface area contributed by atoms with Gasteiger partial charge in [0.1, 0.15) is 17.1 Å². The molecule has 0 radical (unpaired) electrons. The van der Waals surface area contributed by atoms with Gasteiger partial charge in [0.15, 0.2) is 0 Å². The lowest BCUT2D eigenvalue weighted by atomic mass is 10.1. The molecule has 0 saturated heterocycles. The van der Waals surface area contributed by atoms with E-state index in [2.05, 4.69) is 5.10 Å². The highest BCUT2D eigenvalue weighted by Gasteiger charge is 2.26. The molecule has 0 aromatic heterocycles. The lowest BCUT2D eigenvalue weighted by Crippen LogP contribution is -2.17. The molecule has 0 fully saturated rings. The number of pyridine rings is 1. The number of hydrogen-bond donors (Lipinski definition) is 0. The number of aromatic nitrogens is 3. The van der Waals surface area contributed by atoms with E-state index in [9.17, 15) is 14.0 Å². The van der Waals surface area contributed by atoms with Crippen molar-refractivity contribution in [3.63, 3.8) is 0 Å². The number of nitrogens with zero attached hydrogens (tertiary/aromatic N) is 3. The molecule has 0 saturated carbocycles. The fourth-order valence-electron chi connectivity index (χ4n) is 3.27. The summed E-state index contributed by atoms with van der Waals surface area (Å²) in [4.78, 5) is 25.4. The minimum Gasteiger partial charge on any atom is -0.465 e. The predicted octanol–water partition coefficient (Wildman–Crippen LogP) is 3.67. The molecule has 4 rings (SSSR count). The summed E-state index contributed by atoms with van der Waals surface area (Å²) in [6.45, 7) is 1.90. The fourth-order valence-corrected chi connectivity index (χ4v) is 3.27. The summed E-state index contributed by atoms with van der Waals surface area (Å²) in [5.41, 5.74) is 1.85. The predicted molar refractivity (Wildman–Crippen MR) is 106 cm³/mol. The van der Waals surface area contributed by atoms with Crippen molar-refractivity contribution in [3.8, 4) is 16.9 Å². The third-order valence-electron chi connectivity index (χ3n) is 4.90. The smallest absolute Gasteiger partial charge is 0.341 e. The number of fused-ring (bicyclic) bond motifs is 1. The first kappa shape index (κ1) is 18.6. The van der Waals surface area contributed by atoms with Gasteiger partial charge in [0.25, 0.3) is 5.56 Å². The van der Waals surface area contributed by atoms with E-state index >= 15 is 0 Å². The van der Waals surface area contributed by atoms with E-state index in [1.807, 2.05) is 13.0 Å². The average molecular weight is 391 g/mol. The second kappa shape index (κ2) is 7.35. The minimum absolute atomic E-state index is 0.186. The van der Waals surface area contributed by atoms with Gasteiger partial charge in [-0.3, -0.25) is 4.79 Å². The van der Waals surface area contributed by atoms with Gasteiger partial charge in [0.2, 0.25) is 0 Å². The summed E-state index contributed by atoms with van der Waals surface area (Å²) < 4.78 is 21.2. The maximum absolute atomic E-state index is 13.3. The van der Waals surface area contributed by atoms with Gasteiger partial charge >= 0.3 is 5.97 Å². The van der Waals surface area contributed by atoms with Gasteiger partial charge in [0.05, 0.1) is 24.4 Å². The summed E-state index contributed by atoms with van der Waals surface area (Å²) >= 11 is 0. The van der Waals surface area contributed by atoms with Crippen molar-refractivity contribution in [2.45, 2.75) is 13.0 Å². The number of hydrogen-bond acceptors (Lipinski definition) is 4. The van der Waals surface area contributed by atoms with Crippen molar-refractivity contribution in [2.75, 3.05) is 7.11 Å². The Bertz CT molecular complexity index is 1200. The number of rotatable bonds is 4. The van der Waals surface area contributed by atoms with Gasteiger partial charge in [-0.1, -0.05) is 30.3 Å². The SMILES string of the molecule is COC(=O)c1cn(C(C)c2ccc(F)cc2)cc2c(=O)n(-c3ccccc3)nc1-2. The second-order valence-electron chi connectivity index (χ2n) is 6.65. The average Bonchev–Trinajstić information content (AvgIpc) is 3.09. The standard InChI is InChI=1S/C22H18FN3O3/c1-14(15-8-10-16(23)11-9-15)25-12-18-20(19(13-25)22(28)29-2)24-26(21(18)27)17-6-4-3-5-7-17/h3-14H,1-2H3. The van der Waals surface area contributed by atoms with E-state index < -0.39 is 5.97 Å². The summed E-state index contributed by atoms with van der Waals surface area (Å²) in [5.74, 6) is -0.920. The number of benzene rings is 2. The molecule has 2 aliphatic heterocycles. The quantitative estimate of drug-likeness (QED) is 0.498. The van der Waals surface area contributed by atoms with E-state index in [1.165, 1.54) is 23.9 Å². The Morgan fingerprint density at radius 1 is 1.07 bits per heavy atom. The topological polar surface area (TPSA) is 66.1 Å². The Labute approximate surface area is 166 Å². The lowest BCUT2D eigenvalue weighted by Gasteiger charge is -2.19. The van der Waals surface area contributed by atoms with Gasteiger partial charge in [-0.05, 0) is 36.8 Å². The van der Waals surface area contributed by atoms with Crippen LogP contribution in [0.25, 0.3) is 16.9 Å². The van der Waals surface area contributed by atoms with E-state index in [0.29, 0.717) is 11.3 Å². The number of carbonyl (C=O) groups excluding carboxylic acids is 1. The first-order valence-electron chi connectivity index (χ1n) is 9.03. The molecule has 29 heavy (non-hydrogen) atoms. The van der Waals surface area contributed by atoms with Crippen LogP contribution in [-0.4, -0.2) is 27.4 Å². The number of ether oxygens (including phenoxy) is 1. The molecule has 2 aromatic carbocycles. The molecule has 0 aliphatic carbocycles. The molecule has 1 unspecified atom stereocenters. The van der Waals surface area contributed by atoms with Crippen molar-refractivity contribution in [1.82, 2.24) is 14.3 Å². The first-order valence-corrected chi connectivity index (χ1v) is 9.03. The van der Waals surface area contributed by atoms with Crippen molar-refractivity contribution in [2.24, 2.45) is 0 Å². The summed E-state index contributed by atoms with van der Waals surface area (Å²) in [6.07, 6.45) is 3.26. The number of para-hydroxylation sites is 1. The Hall–Kier alpha value is -3.74. The minimum atomic E-state index is -0.589. The monoisotopic (exact) mass is 391 g/mol. The van der Waals surface area contributed by atoms with Crippen LogP contribution in [0.4, 0.5) is 4.39 Å². The summed E-state index contributed by atoms with van der Waals surface area (Å²) in [7, 11) is 1.28. The number of methoxy groups -OCH3 is 1. The van der Waals surface area contributed by atoms with Gasteiger partial charge < -0.3 is 9.30 Å².